The lowest BCUT2D eigenvalue weighted by Crippen LogP contribution is -2.41. The molecule has 0 aromatic heterocycles. The zero-order valence-corrected chi connectivity index (χ0v) is 10.8. The number of rotatable bonds is 3. The Morgan fingerprint density at radius 3 is 2.69 bits per heavy atom. The van der Waals surface area contributed by atoms with Crippen molar-refractivity contribution in [3.8, 4) is 0 Å². The van der Waals surface area contributed by atoms with Crippen molar-refractivity contribution in [2.24, 2.45) is 5.92 Å². The van der Waals surface area contributed by atoms with E-state index >= 15 is 0 Å². The molecule has 3 aliphatic heterocycles. The summed E-state index contributed by atoms with van der Waals surface area (Å²) in [5, 5.41) is 3.77. The second kappa shape index (κ2) is 4.30. The molecule has 0 aromatic carbocycles. The molecular weight excluding hydrogens is 196 g/mol. The van der Waals surface area contributed by atoms with Gasteiger partial charge in [-0.3, -0.25) is 4.90 Å². The van der Waals surface area contributed by atoms with Crippen LogP contribution in [0.3, 0.4) is 0 Å². The molecule has 0 aromatic rings. The molecule has 0 saturated carbocycles. The van der Waals surface area contributed by atoms with E-state index in [0.717, 1.165) is 30.1 Å². The van der Waals surface area contributed by atoms with Crippen LogP contribution in [0.25, 0.3) is 0 Å². The van der Waals surface area contributed by atoms with Crippen molar-refractivity contribution in [3.05, 3.63) is 0 Å². The maximum Gasteiger partial charge on any atom is 0.0111 e. The number of hydrogen-bond donors (Lipinski definition) is 1. The lowest BCUT2D eigenvalue weighted by molar-refractivity contribution is 0.155. The van der Waals surface area contributed by atoms with Gasteiger partial charge in [0.05, 0.1) is 0 Å². The summed E-state index contributed by atoms with van der Waals surface area (Å²) in [6.45, 7) is 6.15. The van der Waals surface area contributed by atoms with Gasteiger partial charge in [-0.25, -0.2) is 0 Å². The number of likely N-dealkylation sites (tertiary alicyclic amines) is 1. The zero-order chi connectivity index (χ0) is 11.1. The number of fused-ring (bicyclic) bond motifs is 2. The first-order chi connectivity index (χ1) is 7.78. The van der Waals surface area contributed by atoms with E-state index in [1.54, 1.807) is 0 Å². The van der Waals surface area contributed by atoms with Gasteiger partial charge in [0, 0.05) is 30.7 Å². The van der Waals surface area contributed by atoms with Crippen molar-refractivity contribution in [1.29, 1.82) is 0 Å². The maximum atomic E-state index is 3.77. The van der Waals surface area contributed by atoms with Gasteiger partial charge < -0.3 is 5.32 Å². The van der Waals surface area contributed by atoms with Crippen LogP contribution in [0.5, 0.6) is 0 Å². The normalized spacial score (nSPS) is 48.0. The largest absolute Gasteiger partial charge is 0.311 e. The molecular formula is C14H26N2. The number of nitrogens with zero attached hydrogens (tertiary/aromatic N) is 1. The van der Waals surface area contributed by atoms with E-state index in [0.29, 0.717) is 0 Å². The lowest BCUT2D eigenvalue weighted by atomic mass is 9.88. The van der Waals surface area contributed by atoms with Gasteiger partial charge in [0.25, 0.3) is 0 Å². The summed E-state index contributed by atoms with van der Waals surface area (Å²) in [4.78, 5) is 2.81. The third kappa shape index (κ3) is 1.80. The predicted octanol–water partition coefficient (Wildman–Crippen LogP) is 2.39. The van der Waals surface area contributed by atoms with Crippen LogP contribution in [-0.2, 0) is 0 Å². The monoisotopic (exact) mass is 222 g/mol. The molecule has 0 aliphatic carbocycles. The van der Waals surface area contributed by atoms with Crippen LogP contribution in [-0.4, -0.2) is 35.6 Å². The van der Waals surface area contributed by atoms with Crippen molar-refractivity contribution < 1.29 is 0 Å². The Balaban J connectivity index is 1.61. The minimum Gasteiger partial charge on any atom is -0.311 e. The average molecular weight is 222 g/mol. The summed E-state index contributed by atoms with van der Waals surface area (Å²) in [5.74, 6) is 0.952. The Bertz CT molecular complexity index is 253. The molecule has 92 valence electrons. The highest BCUT2D eigenvalue weighted by Gasteiger charge is 2.41. The molecule has 2 nitrogen and oxygen atoms in total. The van der Waals surface area contributed by atoms with Gasteiger partial charge >= 0.3 is 0 Å². The molecule has 16 heavy (non-hydrogen) atoms. The molecule has 0 amide bonds. The van der Waals surface area contributed by atoms with Crippen LogP contribution in [0.4, 0.5) is 0 Å². The summed E-state index contributed by atoms with van der Waals surface area (Å²) >= 11 is 0. The Morgan fingerprint density at radius 2 is 2.06 bits per heavy atom. The molecule has 0 spiro atoms. The van der Waals surface area contributed by atoms with E-state index in [1.165, 1.54) is 45.1 Å². The van der Waals surface area contributed by atoms with Crippen LogP contribution in [0.2, 0.25) is 0 Å². The molecule has 2 heteroatoms. The van der Waals surface area contributed by atoms with Crippen molar-refractivity contribution in [2.45, 2.75) is 76.5 Å². The highest BCUT2D eigenvalue weighted by Crippen LogP contribution is 2.36. The van der Waals surface area contributed by atoms with E-state index < -0.39 is 0 Å². The Kier molecular flexibility index (Phi) is 2.97. The third-order valence-corrected chi connectivity index (χ3v) is 5.30. The van der Waals surface area contributed by atoms with E-state index in [9.17, 15) is 0 Å². The first-order valence-electron chi connectivity index (χ1n) is 7.29. The van der Waals surface area contributed by atoms with E-state index in [1.807, 2.05) is 0 Å². The van der Waals surface area contributed by atoms with Crippen molar-refractivity contribution in [2.75, 3.05) is 6.54 Å². The third-order valence-electron chi connectivity index (χ3n) is 5.30. The van der Waals surface area contributed by atoms with Crippen LogP contribution in [0, 0.1) is 5.92 Å². The topological polar surface area (TPSA) is 15.3 Å². The molecule has 5 atom stereocenters. The van der Waals surface area contributed by atoms with E-state index in [2.05, 4.69) is 24.1 Å². The molecule has 3 saturated heterocycles. The highest BCUT2D eigenvalue weighted by molar-refractivity contribution is 4.99. The van der Waals surface area contributed by atoms with Gasteiger partial charge in [0.2, 0.25) is 0 Å². The average Bonchev–Trinajstić information content (AvgIpc) is 2.96. The first kappa shape index (κ1) is 11.0. The molecule has 1 N–H and O–H groups in total. The van der Waals surface area contributed by atoms with Gasteiger partial charge in [-0.05, 0) is 51.4 Å². The molecule has 2 bridgehead atoms. The van der Waals surface area contributed by atoms with Gasteiger partial charge in [0.1, 0.15) is 0 Å². The molecule has 3 aliphatic rings. The standard InChI is InChI=1S/C14H26N2/c1-3-13-6-4-10(2)16(13)9-11-8-12-5-7-14(11)15-12/h10-15H,3-9H2,1-2H3. The Morgan fingerprint density at radius 1 is 1.19 bits per heavy atom. The minimum absolute atomic E-state index is 0.837. The first-order valence-corrected chi connectivity index (χ1v) is 7.29. The predicted molar refractivity (Wildman–Crippen MR) is 67.5 cm³/mol. The minimum atomic E-state index is 0.837. The summed E-state index contributed by atoms with van der Waals surface area (Å²) in [5.41, 5.74) is 0. The summed E-state index contributed by atoms with van der Waals surface area (Å²) < 4.78 is 0. The van der Waals surface area contributed by atoms with E-state index in [4.69, 9.17) is 0 Å². The molecule has 3 heterocycles. The highest BCUT2D eigenvalue weighted by atomic mass is 15.2. The van der Waals surface area contributed by atoms with Crippen molar-refractivity contribution in [3.63, 3.8) is 0 Å². The van der Waals surface area contributed by atoms with Crippen molar-refractivity contribution in [1.82, 2.24) is 10.2 Å². The van der Waals surface area contributed by atoms with Gasteiger partial charge in [-0.2, -0.15) is 0 Å². The van der Waals surface area contributed by atoms with Crippen LogP contribution in [0.1, 0.15) is 52.4 Å². The van der Waals surface area contributed by atoms with Gasteiger partial charge in [-0.15, -0.1) is 0 Å². The Hall–Kier alpha value is -0.0800. The Labute approximate surface area is 99.8 Å². The molecule has 3 rings (SSSR count). The summed E-state index contributed by atoms with van der Waals surface area (Å²) in [6, 6.07) is 3.45. The number of nitrogens with one attached hydrogen (secondary N) is 1. The smallest absolute Gasteiger partial charge is 0.0111 e. The zero-order valence-electron chi connectivity index (χ0n) is 10.8. The van der Waals surface area contributed by atoms with Crippen LogP contribution < -0.4 is 5.32 Å². The molecule has 5 unspecified atom stereocenters. The summed E-state index contributed by atoms with van der Waals surface area (Å²) in [6.07, 6.45) is 8.53. The second-order valence-electron chi connectivity index (χ2n) is 6.23. The second-order valence-corrected chi connectivity index (χ2v) is 6.23. The van der Waals surface area contributed by atoms with Gasteiger partial charge in [0.15, 0.2) is 0 Å². The summed E-state index contributed by atoms with van der Waals surface area (Å²) in [7, 11) is 0. The van der Waals surface area contributed by atoms with Crippen molar-refractivity contribution >= 4 is 0 Å². The fourth-order valence-electron chi connectivity index (χ4n) is 4.30. The molecule has 3 fully saturated rings. The maximum absolute atomic E-state index is 3.77. The fraction of sp³-hybridized carbons (Fsp3) is 1.00. The lowest BCUT2D eigenvalue weighted by Gasteiger charge is -2.33. The number of hydrogen-bond acceptors (Lipinski definition) is 2. The molecule has 0 radical (unpaired) electrons. The fourth-order valence-corrected chi connectivity index (χ4v) is 4.30. The SMILES string of the molecule is CCC1CCC(C)N1CC1CC2CCC1N2. The quantitative estimate of drug-likeness (QED) is 0.789. The van der Waals surface area contributed by atoms with Gasteiger partial charge in [-0.1, -0.05) is 6.92 Å². The van der Waals surface area contributed by atoms with Crippen LogP contribution in [0.15, 0.2) is 0 Å². The van der Waals surface area contributed by atoms with E-state index in [-0.39, 0.29) is 0 Å². The van der Waals surface area contributed by atoms with Crippen LogP contribution >= 0.6 is 0 Å².